The van der Waals surface area contributed by atoms with Crippen molar-refractivity contribution in [3.63, 3.8) is 0 Å². The van der Waals surface area contributed by atoms with E-state index in [0.29, 0.717) is 5.92 Å². The summed E-state index contributed by atoms with van der Waals surface area (Å²) < 4.78 is 0. The molecule has 1 saturated heterocycles. The fraction of sp³-hybridized carbons (Fsp3) is 0.500. The molecule has 1 fully saturated rings. The molecular formula is C14H19NOS. The van der Waals surface area contributed by atoms with E-state index in [2.05, 4.69) is 38.1 Å². The zero-order valence-corrected chi connectivity index (χ0v) is 11.6. The monoisotopic (exact) mass is 249 g/mol. The summed E-state index contributed by atoms with van der Waals surface area (Å²) in [6, 6.07) is 8.63. The first-order valence-electron chi connectivity index (χ1n) is 6.02. The summed E-state index contributed by atoms with van der Waals surface area (Å²) in [4.78, 5) is 13.6. The molecule has 0 saturated carbocycles. The Hall–Kier alpha value is -0.960. The normalized spacial score (nSPS) is 24.8. The van der Waals surface area contributed by atoms with Crippen LogP contribution in [0.5, 0.6) is 0 Å². The minimum atomic E-state index is 0.0785. The van der Waals surface area contributed by atoms with Gasteiger partial charge in [-0.1, -0.05) is 38.1 Å². The number of carbonyl (C=O) groups excluding carboxylic acids is 1. The summed E-state index contributed by atoms with van der Waals surface area (Å²) in [5.74, 6) is 0.784. The number of benzene rings is 1. The third-order valence-corrected chi connectivity index (χ3v) is 4.72. The summed E-state index contributed by atoms with van der Waals surface area (Å²) in [6.45, 7) is 6.36. The number of hydrogen-bond donors (Lipinski definition) is 0. The van der Waals surface area contributed by atoms with E-state index in [1.165, 1.54) is 11.1 Å². The van der Waals surface area contributed by atoms with Crippen LogP contribution in [-0.4, -0.2) is 23.1 Å². The molecule has 0 radical (unpaired) electrons. The molecule has 2 nitrogen and oxygen atoms in total. The second-order valence-corrected chi connectivity index (χ2v) is 6.33. The summed E-state index contributed by atoms with van der Waals surface area (Å²) in [7, 11) is 1.89. The maximum atomic E-state index is 11.8. The van der Waals surface area contributed by atoms with Crippen LogP contribution in [0.1, 0.15) is 43.2 Å². The number of amides is 1. The van der Waals surface area contributed by atoms with Gasteiger partial charge in [-0.2, -0.15) is 0 Å². The van der Waals surface area contributed by atoms with Crippen LogP contribution in [-0.2, 0) is 4.79 Å². The summed E-state index contributed by atoms with van der Waals surface area (Å²) in [5.41, 5.74) is 2.57. The quantitative estimate of drug-likeness (QED) is 0.800. The molecule has 1 amide bonds. The molecule has 1 aromatic rings. The lowest BCUT2D eigenvalue weighted by Crippen LogP contribution is -2.25. The average Bonchev–Trinajstić information content (AvgIpc) is 2.57. The summed E-state index contributed by atoms with van der Waals surface area (Å²) >= 11 is 1.73. The highest BCUT2D eigenvalue weighted by atomic mass is 32.2. The van der Waals surface area contributed by atoms with Crippen LogP contribution in [0.25, 0.3) is 0 Å². The minimum Gasteiger partial charge on any atom is -0.329 e. The molecule has 0 bridgehead atoms. The molecule has 1 aromatic carbocycles. The molecule has 92 valence electrons. The predicted molar refractivity (Wildman–Crippen MR) is 73.1 cm³/mol. The molecule has 1 aliphatic heterocycles. The lowest BCUT2D eigenvalue weighted by molar-refractivity contribution is -0.128. The first kappa shape index (κ1) is 12.5. The Labute approximate surface area is 107 Å². The molecule has 0 unspecified atom stereocenters. The van der Waals surface area contributed by atoms with Gasteiger partial charge in [-0.25, -0.2) is 0 Å². The standard InChI is InChI=1S/C14H19NOS/c1-9(2)11-5-7-12(8-6-11)14-15(4)13(16)10(3)17-14/h5-10,14H,1-4H3/t10-,14+/m1/s1. The lowest BCUT2D eigenvalue weighted by Gasteiger charge is -2.19. The van der Waals surface area contributed by atoms with E-state index in [1.807, 2.05) is 18.9 Å². The van der Waals surface area contributed by atoms with E-state index in [0.717, 1.165) is 0 Å². The Balaban J connectivity index is 2.21. The highest BCUT2D eigenvalue weighted by Gasteiger charge is 2.35. The van der Waals surface area contributed by atoms with Gasteiger partial charge in [0.05, 0.1) is 5.25 Å². The Bertz CT molecular complexity index is 413. The molecule has 0 aliphatic carbocycles. The van der Waals surface area contributed by atoms with Crippen molar-refractivity contribution in [3.05, 3.63) is 35.4 Å². The molecule has 2 rings (SSSR count). The van der Waals surface area contributed by atoms with Crippen LogP contribution < -0.4 is 0 Å². The van der Waals surface area contributed by atoms with Gasteiger partial charge in [-0.3, -0.25) is 4.79 Å². The molecule has 1 heterocycles. The van der Waals surface area contributed by atoms with Crippen LogP contribution >= 0.6 is 11.8 Å². The number of nitrogens with zero attached hydrogens (tertiary/aromatic N) is 1. The van der Waals surface area contributed by atoms with Crippen molar-refractivity contribution >= 4 is 17.7 Å². The maximum Gasteiger partial charge on any atom is 0.236 e. The van der Waals surface area contributed by atoms with E-state index >= 15 is 0 Å². The van der Waals surface area contributed by atoms with E-state index in [1.54, 1.807) is 11.8 Å². The second kappa shape index (κ2) is 4.73. The first-order valence-corrected chi connectivity index (χ1v) is 6.97. The SMILES string of the molecule is CC(C)c1ccc([C@@H]2S[C@H](C)C(=O)N2C)cc1. The van der Waals surface area contributed by atoms with Crippen molar-refractivity contribution in [1.29, 1.82) is 0 Å². The molecule has 1 aliphatic rings. The van der Waals surface area contributed by atoms with E-state index in [4.69, 9.17) is 0 Å². The highest BCUT2D eigenvalue weighted by Crippen LogP contribution is 2.41. The lowest BCUT2D eigenvalue weighted by atomic mass is 10.0. The Morgan fingerprint density at radius 1 is 1.24 bits per heavy atom. The Morgan fingerprint density at radius 2 is 1.82 bits per heavy atom. The smallest absolute Gasteiger partial charge is 0.236 e. The molecule has 3 heteroatoms. The molecule has 2 atom stereocenters. The van der Waals surface area contributed by atoms with Crippen LogP contribution in [0.2, 0.25) is 0 Å². The molecular weight excluding hydrogens is 230 g/mol. The van der Waals surface area contributed by atoms with Gasteiger partial charge in [0.25, 0.3) is 0 Å². The van der Waals surface area contributed by atoms with Crippen LogP contribution in [0, 0.1) is 0 Å². The number of thioether (sulfide) groups is 1. The van der Waals surface area contributed by atoms with Crippen LogP contribution in [0.15, 0.2) is 24.3 Å². The molecule has 0 N–H and O–H groups in total. The van der Waals surface area contributed by atoms with Crippen molar-refractivity contribution in [3.8, 4) is 0 Å². The van der Waals surface area contributed by atoms with Crippen LogP contribution in [0.4, 0.5) is 0 Å². The Kier molecular flexibility index (Phi) is 3.48. The predicted octanol–water partition coefficient (Wildman–Crippen LogP) is 3.40. The van der Waals surface area contributed by atoms with E-state index in [9.17, 15) is 4.79 Å². The van der Waals surface area contributed by atoms with Crippen molar-refractivity contribution in [2.45, 2.75) is 37.3 Å². The molecule has 17 heavy (non-hydrogen) atoms. The highest BCUT2D eigenvalue weighted by molar-refractivity contribution is 8.01. The first-order chi connectivity index (χ1) is 8.00. The zero-order valence-electron chi connectivity index (χ0n) is 10.8. The average molecular weight is 249 g/mol. The van der Waals surface area contributed by atoms with Gasteiger partial charge in [0.2, 0.25) is 5.91 Å². The van der Waals surface area contributed by atoms with E-state index < -0.39 is 0 Å². The molecule has 0 spiro atoms. The number of hydrogen-bond acceptors (Lipinski definition) is 2. The van der Waals surface area contributed by atoms with Crippen molar-refractivity contribution in [2.75, 3.05) is 7.05 Å². The molecule has 0 aromatic heterocycles. The maximum absolute atomic E-state index is 11.8. The Morgan fingerprint density at radius 3 is 2.24 bits per heavy atom. The number of rotatable bonds is 2. The summed E-state index contributed by atoms with van der Waals surface area (Å²) in [6.07, 6.45) is 0. The van der Waals surface area contributed by atoms with E-state index in [-0.39, 0.29) is 16.5 Å². The van der Waals surface area contributed by atoms with Crippen molar-refractivity contribution in [2.24, 2.45) is 0 Å². The van der Waals surface area contributed by atoms with Gasteiger partial charge < -0.3 is 4.90 Å². The van der Waals surface area contributed by atoms with Gasteiger partial charge >= 0.3 is 0 Å². The third kappa shape index (κ3) is 2.34. The van der Waals surface area contributed by atoms with Gasteiger partial charge in [0, 0.05) is 7.05 Å². The second-order valence-electron chi connectivity index (χ2n) is 4.90. The topological polar surface area (TPSA) is 20.3 Å². The number of carbonyl (C=O) groups is 1. The zero-order chi connectivity index (χ0) is 12.6. The third-order valence-electron chi connectivity index (χ3n) is 3.27. The fourth-order valence-corrected chi connectivity index (χ4v) is 3.36. The van der Waals surface area contributed by atoms with Gasteiger partial charge in [-0.15, -0.1) is 11.8 Å². The van der Waals surface area contributed by atoms with Crippen LogP contribution in [0.3, 0.4) is 0 Å². The van der Waals surface area contributed by atoms with Gasteiger partial charge in [0.15, 0.2) is 0 Å². The van der Waals surface area contributed by atoms with Gasteiger partial charge in [0.1, 0.15) is 5.37 Å². The fourth-order valence-electron chi connectivity index (χ4n) is 2.09. The van der Waals surface area contributed by atoms with Crippen molar-refractivity contribution in [1.82, 2.24) is 4.90 Å². The minimum absolute atomic E-state index is 0.0785. The largest absolute Gasteiger partial charge is 0.329 e. The van der Waals surface area contributed by atoms with Crippen molar-refractivity contribution < 1.29 is 4.79 Å². The summed E-state index contributed by atoms with van der Waals surface area (Å²) in [5, 5.41) is 0.258. The van der Waals surface area contributed by atoms with Gasteiger partial charge in [-0.05, 0) is 24.0 Å².